The molecule has 3 unspecified atom stereocenters. The summed E-state index contributed by atoms with van der Waals surface area (Å²) in [7, 11) is -3.06. The molecular formula is C35H57O10PSSi2. The van der Waals surface area contributed by atoms with E-state index in [1.165, 1.54) is 18.7 Å². The van der Waals surface area contributed by atoms with Crippen molar-refractivity contribution in [3.63, 3.8) is 0 Å². The van der Waals surface area contributed by atoms with Crippen LogP contribution in [0.25, 0.3) is 0 Å². The molecule has 1 aromatic carbocycles. The number of methoxy groups -OCH3 is 1. The van der Waals surface area contributed by atoms with Gasteiger partial charge in [0.2, 0.25) is 0 Å². The van der Waals surface area contributed by atoms with E-state index >= 15 is 0 Å². The third kappa shape index (κ3) is 14.5. The van der Waals surface area contributed by atoms with Crippen LogP contribution in [0.1, 0.15) is 54.2 Å². The third-order valence-electron chi connectivity index (χ3n) is 7.74. The summed E-state index contributed by atoms with van der Waals surface area (Å²) < 4.78 is 33.7. The fourth-order valence-electron chi connectivity index (χ4n) is 4.83. The Balaban J connectivity index is 2.28. The Labute approximate surface area is 300 Å². The minimum Gasteiger partial charge on any atom is -0.496 e. The number of rotatable bonds is 21. The summed E-state index contributed by atoms with van der Waals surface area (Å²) in [4.78, 5) is 48.3. The molecule has 1 heterocycles. The van der Waals surface area contributed by atoms with Gasteiger partial charge < -0.3 is 33.1 Å². The van der Waals surface area contributed by atoms with Crippen LogP contribution in [0.3, 0.4) is 0 Å². The van der Waals surface area contributed by atoms with Gasteiger partial charge in [-0.2, -0.15) is 0 Å². The monoisotopic (exact) mass is 756 g/mol. The van der Waals surface area contributed by atoms with E-state index in [9.17, 15) is 19.3 Å². The molecule has 1 aliphatic heterocycles. The predicted octanol–water partition coefficient (Wildman–Crippen LogP) is 8.04. The van der Waals surface area contributed by atoms with Crippen molar-refractivity contribution in [3.8, 4) is 11.5 Å². The number of carbonyl (C=O) groups excluding carboxylic acids is 3. The molecule has 0 aliphatic carbocycles. The first-order chi connectivity index (χ1) is 22.9. The summed E-state index contributed by atoms with van der Waals surface area (Å²) in [6, 6.07) is 1.80. The summed E-state index contributed by atoms with van der Waals surface area (Å²) in [6.45, 7) is 22.0. The topological polar surface area (TPSA) is 127 Å². The molecule has 0 aromatic heterocycles. The maximum atomic E-state index is 13.3. The van der Waals surface area contributed by atoms with Gasteiger partial charge in [-0.25, -0.2) is 9.59 Å². The molecule has 1 aromatic rings. The molecule has 0 bridgehead atoms. The quantitative estimate of drug-likeness (QED) is 0.0431. The van der Waals surface area contributed by atoms with Crippen molar-refractivity contribution in [1.29, 1.82) is 0 Å². The van der Waals surface area contributed by atoms with Gasteiger partial charge in [-0.3, -0.25) is 4.79 Å². The van der Waals surface area contributed by atoms with E-state index in [2.05, 4.69) is 39.3 Å². The number of ether oxygens (including phenoxy) is 5. The number of hydrogen-bond acceptors (Lipinski definition) is 11. The Morgan fingerprint density at radius 2 is 1.69 bits per heavy atom. The van der Waals surface area contributed by atoms with Gasteiger partial charge >= 0.3 is 17.9 Å². The molecule has 1 N–H and O–H groups in total. The Morgan fingerprint density at radius 1 is 1.04 bits per heavy atom. The average molecular weight is 757 g/mol. The van der Waals surface area contributed by atoms with E-state index in [1.807, 2.05) is 19.9 Å². The van der Waals surface area contributed by atoms with E-state index < -0.39 is 41.8 Å². The number of allylic oxidation sites excluding steroid dienone is 3. The normalized spacial score (nSPS) is 15.4. The first-order valence-electron chi connectivity index (χ1n) is 16.8. The van der Waals surface area contributed by atoms with Gasteiger partial charge in [-0.1, -0.05) is 57.0 Å². The molecule has 1 aliphatic rings. The Hall–Kier alpha value is -2.16. The lowest BCUT2D eigenvalue weighted by atomic mass is 9.94. The lowest BCUT2D eigenvalue weighted by Gasteiger charge is -2.22. The summed E-state index contributed by atoms with van der Waals surface area (Å²) in [5.41, 5.74) is 3.87. The highest BCUT2D eigenvalue weighted by molar-refractivity contribution is 8.03. The van der Waals surface area contributed by atoms with Crippen molar-refractivity contribution in [2.24, 2.45) is 0 Å². The number of hydrogen-bond donors (Lipinski definition) is 1. The minimum atomic E-state index is -1.89. The Kier molecular flexibility index (Phi) is 17.6. The summed E-state index contributed by atoms with van der Waals surface area (Å²) in [6.07, 6.45) is 3.95. The molecule has 0 fully saturated rings. The average Bonchev–Trinajstić information content (AvgIpc) is 3.39. The second kappa shape index (κ2) is 20.0. The molecule has 0 amide bonds. The Morgan fingerprint density at radius 3 is 2.31 bits per heavy atom. The molecule has 0 spiro atoms. The first kappa shape index (κ1) is 43.0. The van der Waals surface area contributed by atoms with Crippen LogP contribution in [0.4, 0.5) is 0 Å². The Bertz CT molecular complexity index is 1350. The largest absolute Gasteiger partial charge is 0.496 e. The van der Waals surface area contributed by atoms with E-state index in [4.69, 9.17) is 28.2 Å². The highest BCUT2D eigenvalue weighted by Crippen LogP contribution is 2.43. The summed E-state index contributed by atoms with van der Waals surface area (Å²) >= 11 is 1.32. The highest BCUT2D eigenvalue weighted by atomic mass is 32.2. The maximum absolute atomic E-state index is 13.3. The van der Waals surface area contributed by atoms with Gasteiger partial charge in [0.05, 0.1) is 26.9 Å². The molecule has 3 atom stereocenters. The van der Waals surface area contributed by atoms with Crippen molar-refractivity contribution < 1.29 is 47.5 Å². The summed E-state index contributed by atoms with van der Waals surface area (Å²) in [5, 5.41) is 1.24. The number of fused-ring (bicyclic) bond motifs is 1. The van der Waals surface area contributed by atoms with Gasteiger partial charge in [0.25, 0.3) is 0 Å². The predicted molar refractivity (Wildman–Crippen MR) is 203 cm³/mol. The van der Waals surface area contributed by atoms with Crippen LogP contribution in [0.5, 0.6) is 11.5 Å². The molecule has 2 rings (SSSR count). The smallest absolute Gasteiger partial charge is 0.342 e. The van der Waals surface area contributed by atoms with Gasteiger partial charge in [-0.05, 0) is 63.6 Å². The van der Waals surface area contributed by atoms with E-state index in [1.54, 1.807) is 25.5 Å². The van der Waals surface area contributed by atoms with Crippen molar-refractivity contribution in [3.05, 3.63) is 45.4 Å². The van der Waals surface area contributed by atoms with Crippen LogP contribution < -0.4 is 9.47 Å². The second-order valence-corrected chi connectivity index (χ2v) is 28.2. The van der Waals surface area contributed by atoms with Gasteiger partial charge in [0.15, 0.2) is 14.5 Å². The molecule has 14 heteroatoms. The number of carbonyl (C=O) groups is 3. The van der Waals surface area contributed by atoms with Crippen molar-refractivity contribution >= 4 is 54.2 Å². The van der Waals surface area contributed by atoms with E-state index in [-0.39, 0.29) is 31.3 Å². The molecule has 10 nitrogen and oxygen atoms in total. The number of cyclic esters (lactones) is 1. The zero-order valence-electron chi connectivity index (χ0n) is 31.2. The molecular weight excluding hydrogens is 700 g/mol. The number of esters is 3. The zero-order chi connectivity index (χ0) is 36.9. The van der Waals surface area contributed by atoms with Gasteiger partial charge in [0, 0.05) is 33.4 Å². The molecule has 0 saturated heterocycles. The fourth-order valence-corrected chi connectivity index (χ4v) is 8.16. The van der Waals surface area contributed by atoms with Gasteiger partial charge in [-0.15, -0.1) is 11.8 Å². The second-order valence-electron chi connectivity index (χ2n) is 14.5. The van der Waals surface area contributed by atoms with Crippen LogP contribution in [-0.2, 0) is 41.4 Å². The standard InChI is InChI=1S/C35H57O10PSSi2/c1-12-41-33(36)26(4)45-46(39)18-13-19-47-29(34(37)43-17-21-49(9,10)11)22-24(2)14-15-27-31(40-5)25(3)28-23-44-35(38)30(28)32(27)42-16-20-48(6,7)8/h13-14,19,26,29,39H,12,15-18,20-23H2,1-11H3. The van der Waals surface area contributed by atoms with Crippen LogP contribution in [-0.4, -0.2) is 83.4 Å². The van der Waals surface area contributed by atoms with E-state index in [0.29, 0.717) is 43.1 Å². The number of thioether (sulfide) groups is 1. The SMILES string of the molecule is CCOC(=O)C(C)OP(O)CC=CSC(CC(C)=CCc1c(OC)c(C)c2c(c1OCC[Si](C)(C)C)C(=O)OC2)C(=O)OCC[Si](C)(C)C. The van der Waals surface area contributed by atoms with Crippen LogP contribution in [0, 0.1) is 6.92 Å². The summed E-state index contributed by atoms with van der Waals surface area (Å²) in [5.74, 6) is -0.0280. The van der Waals surface area contributed by atoms with E-state index in [0.717, 1.165) is 34.4 Å². The van der Waals surface area contributed by atoms with Crippen LogP contribution in [0.15, 0.2) is 23.1 Å². The zero-order valence-corrected chi connectivity index (χ0v) is 34.9. The van der Waals surface area contributed by atoms with Crippen LogP contribution >= 0.6 is 20.1 Å². The molecule has 0 radical (unpaired) electrons. The minimum absolute atomic E-state index is 0.191. The third-order valence-corrected chi connectivity index (χ3v) is 13.3. The first-order valence-corrected chi connectivity index (χ1v) is 26.6. The maximum Gasteiger partial charge on any atom is 0.342 e. The molecule has 49 heavy (non-hydrogen) atoms. The number of benzene rings is 1. The highest BCUT2D eigenvalue weighted by Gasteiger charge is 2.33. The van der Waals surface area contributed by atoms with Gasteiger partial charge in [0.1, 0.15) is 28.9 Å². The van der Waals surface area contributed by atoms with Crippen molar-refractivity contribution in [2.45, 2.75) is 110 Å². The van der Waals surface area contributed by atoms with Crippen LogP contribution in [0.2, 0.25) is 51.4 Å². The van der Waals surface area contributed by atoms with Crippen molar-refractivity contribution in [2.75, 3.05) is 33.1 Å². The lowest BCUT2D eigenvalue weighted by Crippen LogP contribution is -2.26. The molecule has 0 saturated carbocycles. The molecule has 276 valence electrons. The lowest BCUT2D eigenvalue weighted by molar-refractivity contribution is -0.150. The van der Waals surface area contributed by atoms with Crippen molar-refractivity contribution in [1.82, 2.24) is 0 Å². The fraction of sp³-hybridized carbons (Fsp3) is 0.629.